The Morgan fingerprint density at radius 1 is 1.16 bits per heavy atom. The minimum absolute atomic E-state index is 0.0850. The van der Waals surface area contributed by atoms with E-state index in [0.717, 1.165) is 22.0 Å². The van der Waals surface area contributed by atoms with Gasteiger partial charge in [-0.3, -0.25) is 9.78 Å². The lowest BCUT2D eigenvalue weighted by Gasteiger charge is -2.23. The van der Waals surface area contributed by atoms with E-state index in [0.29, 0.717) is 30.4 Å². The fourth-order valence-corrected chi connectivity index (χ4v) is 4.21. The summed E-state index contributed by atoms with van der Waals surface area (Å²) >= 11 is 0. The fourth-order valence-electron chi connectivity index (χ4n) is 4.21. The van der Waals surface area contributed by atoms with Crippen LogP contribution < -0.4 is 4.74 Å². The second kappa shape index (κ2) is 8.39. The molecule has 2 atom stereocenters. The Hall–Kier alpha value is -3.78. The number of aromatic amines is 1. The summed E-state index contributed by atoms with van der Waals surface area (Å²) in [5.41, 5.74) is 2.12. The van der Waals surface area contributed by atoms with Crippen molar-refractivity contribution >= 4 is 16.7 Å². The maximum Gasteiger partial charge on any atom is 0.273 e. The number of methoxy groups -OCH3 is 2. The van der Waals surface area contributed by atoms with Gasteiger partial charge in [0.25, 0.3) is 5.91 Å². The number of aromatic nitrogens is 4. The second-order valence-electron chi connectivity index (χ2n) is 7.73. The molecule has 1 fully saturated rings. The molecule has 32 heavy (non-hydrogen) atoms. The molecule has 1 aliphatic heterocycles. The first kappa shape index (κ1) is 20.1. The fraction of sp³-hybridized carbons (Fsp3) is 0.250. The van der Waals surface area contributed by atoms with E-state index in [-0.39, 0.29) is 18.1 Å². The van der Waals surface area contributed by atoms with Crippen LogP contribution in [0.1, 0.15) is 28.8 Å². The molecule has 0 radical (unpaired) electrons. The van der Waals surface area contributed by atoms with E-state index in [4.69, 9.17) is 9.47 Å². The van der Waals surface area contributed by atoms with Crippen molar-refractivity contribution in [3.63, 3.8) is 0 Å². The molecule has 0 spiro atoms. The van der Waals surface area contributed by atoms with Crippen molar-refractivity contribution < 1.29 is 14.3 Å². The molecular weight excluding hydrogens is 406 g/mol. The van der Waals surface area contributed by atoms with Crippen LogP contribution in [0.2, 0.25) is 0 Å². The number of hydrogen-bond acceptors (Lipinski definition) is 6. The van der Waals surface area contributed by atoms with Crippen molar-refractivity contribution in [2.45, 2.75) is 18.6 Å². The lowest BCUT2D eigenvalue weighted by Crippen LogP contribution is -2.33. The molecule has 0 bridgehead atoms. The summed E-state index contributed by atoms with van der Waals surface area (Å²) in [5.74, 6) is 0.963. The zero-order chi connectivity index (χ0) is 22.1. The third-order valence-corrected chi connectivity index (χ3v) is 5.86. The molecule has 1 saturated heterocycles. The van der Waals surface area contributed by atoms with Gasteiger partial charge in [-0.25, -0.2) is 9.97 Å². The Labute approximate surface area is 185 Å². The van der Waals surface area contributed by atoms with Gasteiger partial charge >= 0.3 is 0 Å². The molecule has 1 N–H and O–H groups in total. The van der Waals surface area contributed by atoms with Crippen LogP contribution in [0.3, 0.4) is 0 Å². The predicted molar refractivity (Wildman–Crippen MR) is 119 cm³/mol. The number of nitrogens with one attached hydrogen (secondary N) is 1. The zero-order valence-corrected chi connectivity index (χ0v) is 17.9. The van der Waals surface area contributed by atoms with Gasteiger partial charge in [0.1, 0.15) is 11.5 Å². The predicted octanol–water partition coefficient (Wildman–Crippen LogP) is 3.63. The van der Waals surface area contributed by atoms with Gasteiger partial charge in [-0.2, -0.15) is 0 Å². The highest BCUT2D eigenvalue weighted by atomic mass is 16.5. The zero-order valence-electron chi connectivity index (χ0n) is 17.9. The molecule has 1 aliphatic rings. The van der Waals surface area contributed by atoms with E-state index < -0.39 is 0 Å². The maximum absolute atomic E-state index is 13.6. The van der Waals surface area contributed by atoms with Crippen molar-refractivity contribution in [3.05, 3.63) is 72.6 Å². The molecule has 4 aromatic rings. The first-order chi connectivity index (χ1) is 15.7. The summed E-state index contributed by atoms with van der Waals surface area (Å²) in [6.45, 7) is 0.458. The molecule has 8 nitrogen and oxygen atoms in total. The van der Waals surface area contributed by atoms with Crippen molar-refractivity contribution in [1.82, 2.24) is 24.8 Å². The average Bonchev–Trinajstić information content (AvgIpc) is 3.51. The number of carbonyl (C=O) groups is 1. The summed E-state index contributed by atoms with van der Waals surface area (Å²) in [5, 5.41) is 1.77. The number of likely N-dealkylation sites (tertiary alicyclic amines) is 1. The van der Waals surface area contributed by atoms with Crippen molar-refractivity contribution in [2.75, 3.05) is 20.8 Å². The standard InChI is InChI=1S/C24H23N5O3/c1-31-17-11-21(22-26-13-20(27-22)16-7-5-9-25-12-16)29(14-17)24(30)19-10-15-6-3-4-8-18(15)23(28-19)32-2/h3-10,12-13,17,21H,11,14H2,1-2H3,(H,26,27)/t17-,21+/m0/s1. The van der Waals surface area contributed by atoms with Gasteiger partial charge in [0.2, 0.25) is 5.88 Å². The van der Waals surface area contributed by atoms with Crippen LogP contribution in [0.4, 0.5) is 0 Å². The van der Waals surface area contributed by atoms with Crippen LogP contribution in [0.15, 0.2) is 61.1 Å². The molecule has 0 aliphatic carbocycles. The van der Waals surface area contributed by atoms with Gasteiger partial charge in [0.05, 0.1) is 31.1 Å². The SMILES string of the molecule is COc1nc(C(=O)N2C[C@@H](OC)C[C@@H]2c2ncc(-c3cccnc3)[nH]2)cc2ccccc12. The second-order valence-corrected chi connectivity index (χ2v) is 7.73. The van der Waals surface area contributed by atoms with Crippen molar-refractivity contribution in [3.8, 4) is 17.1 Å². The number of carbonyl (C=O) groups excluding carboxylic acids is 1. The lowest BCUT2D eigenvalue weighted by atomic mass is 10.1. The quantitative estimate of drug-likeness (QED) is 0.521. The highest BCUT2D eigenvalue weighted by Gasteiger charge is 2.39. The molecule has 5 rings (SSSR count). The highest BCUT2D eigenvalue weighted by molar-refractivity contribution is 5.98. The Balaban J connectivity index is 1.50. The Kier molecular flexibility index (Phi) is 5.28. The van der Waals surface area contributed by atoms with Crippen molar-refractivity contribution in [2.24, 2.45) is 0 Å². The van der Waals surface area contributed by atoms with Crippen molar-refractivity contribution in [1.29, 1.82) is 0 Å². The number of ether oxygens (including phenoxy) is 2. The Morgan fingerprint density at radius 3 is 2.81 bits per heavy atom. The maximum atomic E-state index is 13.6. The smallest absolute Gasteiger partial charge is 0.273 e. The van der Waals surface area contributed by atoms with Crippen LogP contribution in [0.5, 0.6) is 5.88 Å². The third-order valence-electron chi connectivity index (χ3n) is 5.86. The van der Waals surface area contributed by atoms with Crippen LogP contribution in [-0.4, -0.2) is 57.6 Å². The topological polar surface area (TPSA) is 93.2 Å². The molecule has 3 aromatic heterocycles. The first-order valence-electron chi connectivity index (χ1n) is 10.4. The van der Waals surface area contributed by atoms with Gasteiger partial charge in [0.15, 0.2) is 0 Å². The number of hydrogen-bond donors (Lipinski definition) is 1. The number of benzene rings is 1. The number of H-pyrrole nitrogens is 1. The van der Waals surface area contributed by atoms with E-state index >= 15 is 0 Å². The Bertz CT molecular complexity index is 1260. The summed E-state index contributed by atoms with van der Waals surface area (Å²) in [6.07, 6.45) is 5.84. The van der Waals surface area contributed by atoms with Crippen LogP contribution in [0.25, 0.3) is 22.0 Å². The lowest BCUT2D eigenvalue weighted by molar-refractivity contribution is 0.0678. The third kappa shape index (κ3) is 3.58. The van der Waals surface area contributed by atoms with Gasteiger partial charge in [0, 0.05) is 43.4 Å². The van der Waals surface area contributed by atoms with Crippen LogP contribution in [-0.2, 0) is 4.74 Å². The summed E-state index contributed by atoms with van der Waals surface area (Å²) in [7, 11) is 3.22. The van der Waals surface area contributed by atoms with E-state index in [1.165, 1.54) is 0 Å². The number of fused-ring (bicyclic) bond motifs is 1. The van der Waals surface area contributed by atoms with Gasteiger partial charge in [-0.05, 0) is 29.7 Å². The molecule has 0 saturated carbocycles. The first-order valence-corrected chi connectivity index (χ1v) is 10.4. The minimum atomic E-state index is -0.253. The largest absolute Gasteiger partial charge is 0.481 e. The summed E-state index contributed by atoms with van der Waals surface area (Å²) in [4.78, 5) is 32.0. The van der Waals surface area contributed by atoms with Gasteiger partial charge in [-0.1, -0.05) is 18.2 Å². The number of pyridine rings is 2. The molecule has 8 heteroatoms. The minimum Gasteiger partial charge on any atom is -0.481 e. The molecule has 162 valence electrons. The monoisotopic (exact) mass is 429 g/mol. The van der Waals surface area contributed by atoms with Crippen LogP contribution >= 0.6 is 0 Å². The normalized spacial score (nSPS) is 18.2. The van der Waals surface area contributed by atoms with Gasteiger partial charge < -0.3 is 19.4 Å². The number of amides is 1. The average molecular weight is 429 g/mol. The Morgan fingerprint density at radius 2 is 2.03 bits per heavy atom. The van der Waals surface area contributed by atoms with Crippen LogP contribution in [0, 0.1) is 0 Å². The number of rotatable bonds is 5. The molecular formula is C24H23N5O3. The molecule has 0 unspecified atom stereocenters. The molecule has 1 amide bonds. The number of nitrogens with zero attached hydrogens (tertiary/aromatic N) is 4. The summed E-state index contributed by atoms with van der Waals surface area (Å²) in [6, 6.07) is 13.1. The molecule has 1 aromatic carbocycles. The molecule has 4 heterocycles. The van der Waals surface area contributed by atoms with E-state index in [1.807, 2.05) is 36.4 Å². The number of imidazole rings is 1. The van der Waals surface area contributed by atoms with E-state index in [9.17, 15) is 4.79 Å². The van der Waals surface area contributed by atoms with E-state index in [1.54, 1.807) is 43.8 Å². The van der Waals surface area contributed by atoms with E-state index in [2.05, 4.69) is 19.9 Å². The highest BCUT2D eigenvalue weighted by Crippen LogP contribution is 2.35. The van der Waals surface area contributed by atoms with Gasteiger partial charge in [-0.15, -0.1) is 0 Å². The summed E-state index contributed by atoms with van der Waals surface area (Å²) < 4.78 is 11.1.